The molecule has 3 N–H and O–H groups in total. The van der Waals surface area contributed by atoms with Crippen molar-refractivity contribution in [2.24, 2.45) is 17.8 Å². The van der Waals surface area contributed by atoms with Crippen LogP contribution in [-0.2, 0) is 9.63 Å². The number of carbonyl (C=O) groups is 2. The van der Waals surface area contributed by atoms with Crippen molar-refractivity contribution in [2.45, 2.75) is 96.4 Å². The standard InChI is InChI=1S/C28H42N2O5/c1-18(2)22-16-23(25(32)17-24(22)31)27(33)30-14-12-21(13-15-30)29-35-28(34)26(20-10-6-7-11-20)19-8-4-3-5-9-19/h16-21,26,29,31-32H,3-15H2,1-2H3. The Kier molecular flexibility index (Phi) is 8.58. The Bertz CT molecular complexity index is 882. The third-order valence-corrected chi connectivity index (χ3v) is 8.44. The summed E-state index contributed by atoms with van der Waals surface area (Å²) in [6.45, 7) is 4.90. The Morgan fingerprint density at radius 3 is 2.03 bits per heavy atom. The number of amides is 1. The number of likely N-dealkylation sites (tertiary alicyclic amines) is 1. The summed E-state index contributed by atoms with van der Waals surface area (Å²) >= 11 is 0. The van der Waals surface area contributed by atoms with E-state index >= 15 is 0 Å². The number of hydrogen-bond acceptors (Lipinski definition) is 6. The van der Waals surface area contributed by atoms with Crippen LogP contribution in [-0.4, -0.2) is 46.1 Å². The van der Waals surface area contributed by atoms with Gasteiger partial charge < -0.3 is 20.0 Å². The third-order valence-electron chi connectivity index (χ3n) is 8.44. The molecule has 0 radical (unpaired) electrons. The van der Waals surface area contributed by atoms with E-state index < -0.39 is 0 Å². The minimum absolute atomic E-state index is 0.00269. The Balaban J connectivity index is 1.30. The van der Waals surface area contributed by atoms with Crippen molar-refractivity contribution < 1.29 is 24.6 Å². The number of piperidine rings is 1. The molecule has 1 amide bonds. The molecule has 0 aromatic heterocycles. The fraction of sp³-hybridized carbons (Fsp3) is 0.714. The summed E-state index contributed by atoms with van der Waals surface area (Å²) in [5.41, 5.74) is 3.90. The van der Waals surface area contributed by atoms with Crippen LogP contribution in [0.2, 0.25) is 0 Å². The van der Waals surface area contributed by atoms with Gasteiger partial charge >= 0.3 is 5.97 Å². The van der Waals surface area contributed by atoms with Crippen LogP contribution in [0.25, 0.3) is 0 Å². The maximum atomic E-state index is 13.2. The number of phenols is 2. The average Bonchev–Trinajstić information content (AvgIpc) is 3.38. The molecule has 7 heteroatoms. The van der Waals surface area contributed by atoms with Crippen LogP contribution in [0.4, 0.5) is 0 Å². The van der Waals surface area contributed by atoms with E-state index in [0.29, 0.717) is 43.3 Å². The highest BCUT2D eigenvalue weighted by Gasteiger charge is 2.39. The number of carbonyl (C=O) groups excluding carboxylic acids is 2. The molecular weight excluding hydrogens is 444 g/mol. The van der Waals surface area contributed by atoms with Crippen LogP contribution in [0.3, 0.4) is 0 Å². The zero-order valence-corrected chi connectivity index (χ0v) is 21.3. The molecule has 1 aliphatic heterocycles. The molecule has 3 aliphatic rings. The van der Waals surface area contributed by atoms with Gasteiger partial charge in [0.15, 0.2) is 0 Å². The Morgan fingerprint density at radius 1 is 0.886 bits per heavy atom. The summed E-state index contributed by atoms with van der Waals surface area (Å²) in [6, 6.07) is 2.86. The molecule has 1 aromatic rings. The van der Waals surface area contributed by atoms with E-state index in [-0.39, 0.29) is 46.8 Å². The van der Waals surface area contributed by atoms with Gasteiger partial charge in [0, 0.05) is 25.2 Å². The number of hydrogen-bond donors (Lipinski definition) is 3. The Labute approximate surface area is 209 Å². The molecule has 3 fully saturated rings. The zero-order chi connectivity index (χ0) is 24.9. The lowest BCUT2D eigenvalue weighted by molar-refractivity contribution is -0.164. The van der Waals surface area contributed by atoms with Crippen molar-refractivity contribution in [3.8, 4) is 11.5 Å². The zero-order valence-electron chi connectivity index (χ0n) is 21.3. The predicted molar refractivity (Wildman–Crippen MR) is 134 cm³/mol. The quantitative estimate of drug-likeness (QED) is 0.455. The van der Waals surface area contributed by atoms with E-state index in [0.717, 1.165) is 25.7 Å². The molecule has 2 saturated carbocycles. The average molecular weight is 487 g/mol. The molecule has 4 rings (SSSR count). The topological polar surface area (TPSA) is 99.1 Å². The molecule has 194 valence electrons. The fourth-order valence-corrected chi connectivity index (χ4v) is 6.39. The molecule has 2 aliphatic carbocycles. The van der Waals surface area contributed by atoms with Gasteiger partial charge in [-0.3, -0.25) is 9.59 Å². The van der Waals surface area contributed by atoms with Crippen LogP contribution in [0.5, 0.6) is 11.5 Å². The van der Waals surface area contributed by atoms with Crippen LogP contribution in [0.1, 0.15) is 106 Å². The van der Waals surface area contributed by atoms with E-state index in [9.17, 15) is 19.8 Å². The van der Waals surface area contributed by atoms with E-state index in [1.807, 2.05) is 13.8 Å². The first-order valence-corrected chi connectivity index (χ1v) is 13.7. The van der Waals surface area contributed by atoms with E-state index in [1.165, 1.54) is 38.2 Å². The monoisotopic (exact) mass is 486 g/mol. The Hall–Kier alpha value is -2.28. The van der Waals surface area contributed by atoms with Crippen molar-refractivity contribution in [1.82, 2.24) is 10.4 Å². The highest BCUT2D eigenvalue weighted by Crippen LogP contribution is 2.41. The number of nitrogens with one attached hydrogen (secondary N) is 1. The van der Waals surface area contributed by atoms with E-state index in [1.54, 1.807) is 11.0 Å². The lowest BCUT2D eigenvalue weighted by atomic mass is 9.73. The highest BCUT2D eigenvalue weighted by molar-refractivity contribution is 5.97. The van der Waals surface area contributed by atoms with Crippen molar-refractivity contribution in [3.05, 3.63) is 23.3 Å². The summed E-state index contributed by atoms with van der Waals surface area (Å²) < 4.78 is 0. The van der Waals surface area contributed by atoms with Crippen molar-refractivity contribution >= 4 is 11.9 Å². The van der Waals surface area contributed by atoms with Gasteiger partial charge in [-0.25, -0.2) is 0 Å². The van der Waals surface area contributed by atoms with Crippen molar-refractivity contribution in [2.75, 3.05) is 13.1 Å². The summed E-state index contributed by atoms with van der Waals surface area (Å²) in [5, 5.41) is 20.3. The molecule has 1 heterocycles. The Morgan fingerprint density at radius 2 is 1.46 bits per heavy atom. The first-order chi connectivity index (χ1) is 16.8. The minimum Gasteiger partial charge on any atom is -0.508 e. The molecule has 35 heavy (non-hydrogen) atoms. The molecule has 1 saturated heterocycles. The lowest BCUT2D eigenvalue weighted by Gasteiger charge is -2.34. The summed E-state index contributed by atoms with van der Waals surface area (Å²) in [5.74, 6) is 0.439. The van der Waals surface area contributed by atoms with Gasteiger partial charge in [0.25, 0.3) is 5.91 Å². The summed E-state index contributed by atoms with van der Waals surface area (Å²) in [7, 11) is 0. The van der Waals surface area contributed by atoms with Crippen LogP contribution in [0.15, 0.2) is 12.1 Å². The van der Waals surface area contributed by atoms with Gasteiger partial charge in [-0.15, -0.1) is 5.48 Å². The van der Waals surface area contributed by atoms with Gasteiger partial charge in [-0.05, 0) is 67.9 Å². The molecular formula is C28H42N2O5. The number of rotatable bonds is 7. The van der Waals surface area contributed by atoms with Gasteiger partial charge in [0.1, 0.15) is 11.5 Å². The lowest BCUT2D eigenvalue weighted by Crippen LogP contribution is -2.46. The molecule has 1 aromatic carbocycles. The van der Waals surface area contributed by atoms with Crippen LogP contribution >= 0.6 is 0 Å². The molecule has 7 nitrogen and oxygen atoms in total. The van der Waals surface area contributed by atoms with Gasteiger partial charge in [0.2, 0.25) is 0 Å². The van der Waals surface area contributed by atoms with E-state index in [2.05, 4.69) is 5.48 Å². The molecule has 0 bridgehead atoms. The van der Waals surface area contributed by atoms with Gasteiger partial charge in [0.05, 0.1) is 11.5 Å². The normalized spacial score (nSPS) is 21.4. The number of aromatic hydroxyl groups is 2. The number of nitrogens with zero attached hydrogens (tertiary/aromatic N) is 1. The maximum absolute atomic E-state index is 13.2. The van der Waals surface area contributed by atoms with Crippen LogP contribution < -0.4 is 5.48 Å². The second kappa shape index (κ2) is 11.6. The van der Waals surface area contributed by atoms with Crippen LogP contribution in [0, 0.1) is 17.8 Å². The van der Waals surface area contributed by atoms with Crippen molar-refractivity contribution in [1.29, 1.82) is 0 Å². The highest BCUT2D eigenvalue weighted by atomic mass is 16.7. The van der Waals surface area contributed by atoms with Gasteiger partial charge in [-0.2, -0.15) is 0 Å². The second-order valence-electron chi connectivity index (χ2n) is 11.2. The SMILES string of the molecule is CC(C)c1cc(C(=O)N2CCC(NOC(=O)C(C3CCCCC3)C3CCCC3)CC2)c(O)cc1O. The summed E-state index contributed by atoms with van der Waals surface area (Å²) in [4.78, 5) is 33.7. The first kappa shape index (κ1) is 25.8. The molecule has 0 spiro atoms. The fourth-order valence-electron chi connectivity index (χ4n) is 6.39. The first-order valence-electron chi connectivity index (χ1n) is 13.7. The van der Waals surface area contributed by atoms with Crippen molar-refractivity contribution in [3.63, 3.8) is 0 Å². The minimum atomic E-state index is -0.238. The van der Waals surface area contributed by atoms with E-state index in [4.69, 9.17) is 4.84 Å². The summed E-state index contributed by atoms with van der Waals surface area (Å²) in [6.07, 6.45) is 12.1. The largest absolute Gasteiger partial charge is 0.508 e. The smallest absolute Gasteiger partial charge is 0.328 e. The molecule has 1 atom stereocenters. The predicted octanol–water partition coefficient (Wildman–Crippen LogP) is 5.26. The second-order valence-corrected chi connectivity index (χ2v) is 11.2. The maximum Gasteiger partial charge on any atom is 0.328 e. The number of benzene rings is 1. The molecule has 1 unspecified atom stereocenters. The third kappa shape index (κ3) is 6.11. The van der Waals surface area contributed by atoms with Gasteiger partial charge in [-0.1, -0.05) is 46.0 Å². The number of phenolic OH excluding ortho intramolecular Hbond substituents is 2. The number of hydroxylamine groups is 1.